The number of benzene rings is 2. The van der Waals surface area contributed by atoms with E-state index in [0.29, 0.717) is 5.56 Å². The number of phenols is 2. The molecular weight excluding hydrogens is 275 g/mol. The van der Waals surface area contributed by atoms with Crippen LogP contribution in [0.2, 0.25) is 0 Å². The van der Waals surface area contributed by atoms with Gasteiger partial charge in [0.2, 0.25) is 5.91 Å². The summed E-state index contributed by atoms with van der Waals surface area (Å²) in [5.41, 5.74) is 3.22. The van der Waals surface area contributed by atoms with Crippen molar-refractivity contribution < 1.29 is 19.4 Å². The Labute approximate surface area is 120 Å². The van der Waals surface area contributed by atoms with Gasteiger partial charge < -0.3 is 10.2 Å². The molecule has 0 aromatic heterocycles. The van der Waals surface area contributed by atoms with Gasteiger partial charge in [-0.2, -0.15) is 5.10 Å². The van der Waals surface area contributed by atoms with Crippen LogP contribution in [0.3, 0.4) is 0 Å². The largest absolute Gasteiger partial charge is 0.504 e. The number of phenolic OH excluding ortho intramolecular Hbond substituents is 2. The minimum Gasteiger partial charge on any atom is -0.504 e. The van der Waals surface area contributed by atoms with Crippen molar-refractivity contribution in [2.45, 2.75) is 6.42 Å². The number of halogens is 1. The van der Waals surface area contributed by atoms with Crippen LogP contribution in [0.1, 0.15) is 11.1 Å². The van der Waals surface area contributed by atoms with E-state index in [9.17, 15) is 19.4 Å². The number of hydrazone groups is 1. The molecule has 6 heteroatoms. The summed E-state index contributed by atoms with van der Waals surface area (Å²) < 4.78 is 12.7. The van der Waals surface area contributed by atoms with E-state index >= 15 is 0 Å². The van der Waals surface area contributed by atoms with Crippen LogP contribution in [0.4, 0.5) is 4.39 Å². The lowest BCUT2D eigenvalue weighted by Gasteiger charge is -2.02. The van der Waals surface area contributed by atoms with Gasteiger partial charge in [-0.3, -0.25) is 4.79 Å². The minimum atomic E-state index is -0.377. The van der Waals surface area contributed by atoms with Crippen molar-refractivity contribution in [3.63, 3.8) is 0 Å². The van der Waals surface area contributed by atoms with Crippen LogP contribution in [0, 0.1) is 5.82 Å². The summed E-state index contributed by atoms with van der Waals surface area (Å²) >= 11 is 0. The van der Waals surface area contributed by atoms with E-state index in [1.165, 1.54) is 48.7 Å². The summed E-state index contributed by atoms with van der Waals surface area (Å²) in [6.07, 6.45) is 1.28. The molecule has 0 radical (unpaired) electrons. The maximum absolute atomic E-state index is 12.7. The molecule has 0 aliphatic heterocycles. The highest BCUT2D eigenvalue weighted by Crippen LogP contribution is 2.26. The van der Waals surface area contributed by atoms with E-state index in [1.54, 1.807) is 0 Å². The lowest BCUT2D eigenvalue weighted by Crippen LogP contribution is -2.19. The highest BCUT2D eigenvalue weighted by molar-refractivity contribution is 5.86. The zero-order valence-electron chi connectivity index (χ0n) is 11.0. The van der Waals surface area contributed by atoms with Crippen molar-refractivity contribution in [2.75, 3.05) is 0 Å². The Kier molecular flexibility index (Phi) is 4.50. The number of aromatic hydroxyl groups is 2. The Bertz CT molecular complexity index is 669. The molecule has 5 nitrogen and oxygen atoms in total. The van der Waals surface area contributed by atoms with Gasteiger partial charge in [-0.15, -0.1) is 0 Å². The quantitative estimate of drug-likeness (QED) is 0.457. The lowest BCUT2D eigenvalue weighted by molar-refractivity contribution is -0.120. The highest BCUT2D eigenvalue weighted by Gasteiger charge is 2.04. The molecule has 0 saturated carbocycles. The molecule has 0 fully saturated rings. The van der Waals surface area contributed by atoms with E-state index in [1.807, 2.05) is 0 Å². The smallest absolute Gasteiger partial charge is 0.244 e. The Balaban J connectivity index is 1.93. The van der Waals surface area contributed by atoms with Gasteiger partial charge in [0.15, 0.2) is 11.5 Å². The molecular formula is C15H13FN2O3. The number of para-hydroxylation sites is 1. The monoisotopic (exact) mass is 288 g/mol. The Hall–Kier alpha value is -2.89. The molecule has 108 valence electrons. The fourth-order valence-corrected chi connectivity index (χ4v) is 1.65. The molecule has 0 bridgehead atoms. The van der Waals surface area contributed by atoms with E-state index < -0.39 is 0 Å². The average Bonchev–Trinajstić information content (AvgIpc) is 2.46. The highest BCUT2D eigenvalue weighted by atomic mass is 19.1. The van der Waals surface area contributed by atoms with E-state index in [2.05, 4.69) is 10.5 Å². The van der Waals surface area contributed by atoms with Crippen molar-refractivity contribution in [1.29, 1.82) is 0 Å². The van der Waals surface area contributed by atoms with Gasteiger partial charge >= 0.3 is 0 Å². The first-order valence-electron chi connectivity index (χ1n) is 6.13. The summed E-state index contributed by atoms with van der Waals surface area (Å²) in [7, 11) is 0. The summed E-state index contributed by atoms with van der Waals surface area (Å²) in [5.74, 6) is -1.32. The molecule has 1 amide bonds. The number of nitrogens with one attached hydrogen (secondary N) is 1. The maximum atomic E-state index is 12.7. The van der Waals surface area contributed by atoms with Crippen LogP contribution >= 0.6 is 0 Å². The summed E-state index contributed by atoms with van der Waals surface area (Å²) in [5, 5.41) is 22.5. The molecule has 2 aromatic carbocycles. The molecule has 0 unspecified atom stereocenters. The zero-order valence-corrected chi connectivity index (χ0v) is 11.0. The number of amides is 1. The van der Waals surface area contributed by atoms with Gasteiger partial charge in [-0.25, -0.2) is 9.82 Å². The first-order chi connectivity index (χ1) is 10.1. The van der Waals surface area contributed by atoms with Gasteiger partial charge in [-0.1, -0.05) is 18.2 Å². The first-order valence-corrected chi connectivity index (χ1v) is 6.13. The third-order valence-corrected chi connectivity index (χ3v) is 2.72. The fraction of sp³-hybridized carbons (Fsp3) is 0.0667. The Morgan fingerprint density at radius 1 is 1.19 bits per heavy atom. The van der Waals surface area contributed by atoms with Crippen LogP contribution in [0.5, 0.6) is 11.5 Å². The second kappa shape index (κ2) is 6.51. The molecule has 3 N–H and O–H groups in total. The molecule has 0 aliphatic carbocycles. The number of nitrogens with zero attached hydrogens (tertiary/aromatic N) is 1. The van der Waals surface area contributed by atoms with Crippen molar-refractivity contribution in [3.8, 4) is 11.5 Å². The fourth-order valence-electron chi connectivity index (χ4n) is 1.65. The van der Waals surface area contributed by atoms with Crippen LogP contribution in [-0.4, -0.2) is 22.3 Å². The normalized spacial score (nSPS) is 10.7. The van der Waals surface area contributed by atoms with Crippen LogP contribution in [0.25, 0.3) is 0 Å². The summed E-state index contributed by atoms with van der Waals surface area (Å²) in [4.78, 5) is 11.6. The van der Waals surface area contributed by atoms with Crippen LogP contribution < -0.4 is 5.43 Å². The van der Waals surface area contributed by atoms with Crippen molar-refractivity contribution in [3.05, 3.63) is 59.4 Å². The number of carbonyl (C=O) groups excluding carboxylic acids is 1. The van der Waals surface area contributed by atoms with Gasteiger partial charge in [0, 0.05) is 5.56 Å². The van der Waals surface area contributed by atoms with E-state index in [0.717, 1.165) is 0 Å². The van der Waals surface area contributed by atoms with Crippen LogP contribution in [-0.2, 0) is 11.2 Å². The third-order valence-electron chi connectivity index (χ3n) is 2.72. The van der Waals surface area contributed by atoms with Crippen molar-refractivity contribution in [2.24, 2.45) is 5.10 Å². The predicted octanol–water partition coefficient (Wildman–Crippen LogP) is 1.93. The molecule has 0 atom stereocenters. The number of rotatable bonds is 4. The van der Waals surface area contributed by atoms with Gasteiger partial charge in [0.05, 0.1) is 12.6 Å². The number of hydrogen-bond donors (Lipinski definition) is 3. The van der Waals surface area contributed by atoms with Crippen molar-refractivity contribution in [1.82, 2.24) is 5.43 Å². The summed E-state index contributed by atoms with van der Waals surface area (Å²) in [6.45, 7) is 0. The topological polar surface area (TPSA) is 81.9 Å². The molecule has 21 heavy (non-hydrogen) atoms. The standard InChI is InChI=1S/C15H13FN2O3/c16-12-6-4-10(5-7-12)8-14(20)18-17-9-11-2-1-3-13(19)15(11)21/h1-7,9,19,21H,8H2,(H,18,20)/b17-9+. The summed E-state index contributed by atoms with van der Waals surface area (Å²) in [6, 6.07) is 9.98. The molecule has 0 aliphatic rings. The SMILES string of the molecule is O=C(Cc1ccc(F)cc1)N/N=C/c1cccc(O)c1O. The van der Waals surface area contributed by atoms with Gasteiger partial charge in [-0.05, 0) is 29.8 Å². The minimum absolute atomic E-state index is 0.0592. The van der Waals surface area contributed by atoms with Crippen LogP contribution in [0.15, 0.2) is 47.6 Å². The molecule has 0 spiro atoms. The second-order valence-corrected chi connectivity index (χ2v) is 4.31. The number of hydrogen-bond acceptors (Lipinski definition) is 4. The number of carbonyl (C=O) groups is 1. The van der Waals surface area contributed by atoms with E-state index in [4.69, 9.17) is 0 Å². The Morgan fingerprint density at radius 2 is 1.90 bits per heavy atom. The molecule has 0 heterocycles. The average molecular weight is 288 g/mol. The van der Waals surface area contributed by atoms with Gasteiger partial charge in [0.1, 0.15) is 5.82 Å². The Morgan fingerprint density at radius 3 is 2.62 bits per heavy atom. The molecule has 2 rings (SSSR count). The molecule has 0 saturated heterocycles. The van der Waals surface area contributed by atoms with Crippen molar-refractivity contribution >= 4 is 12.1 Å². The molecule has 2 aromatic rings. The second-order valence-electron chi connectivity index (χ2n) is 4.31. The zero-order chi connectivity index (χ0) is 15.2. The lowest BCUT2D eigenvalue weighted by atomic mass is 10.1. The predicted molar refractivity (Wildman–Crippen MR) is 75.6 cm³/mol. The first kappa shape index (κ1) is 14.5. The maximum Gasteiger partial charge on any atom is 0.244 e. The van der Waals surface area contributed by atoms with E-state index in [-0.39, 0.29) is 35.2 Å². The third kappa shape index (κ3) is 4.04. The van der Waals surface area contributed by atoms with Gasteiger partial charge in [0.25, 0.3) is 0 Å².